The summed E-state index contributed by atoms with van der Waals surface area (Å²) in [5.41, 5.74) is 2.32. The van der Waals surface area contributed by atoms with Crippen LogP contribution in [0.1, 0.15) is 63.5 Å². The second-order valence-electron chi connectivity index (χ2n) is 5.98. The zero-order valence-electron chi connectivity index (χ0n) is 14.5. The van der Waals surface area contributed by atoms with Crippen molar-refractivity contribution in [2.24, 2.45) is 0 Å². The lowest BCUT2D eigenvalue weighted by atomic mass is 10.1. The summed E-state index contributed by atoms with van der Waals surface area (Å²) in [7, 11) is 0. The van der Waals surface area contributed by atoms with Gasteiger partial charge < -0.3 is 4.90 Å². The van der Waals surface area contributed by atoms with Gasteiger partial charge in [0.15, 0.2) is 0 Å². The van der Waals surface area contributed by atoms with Crippen LogP contribution in [0, 0.1) is 6.92 Å². The number of carbonyl (C=O) groups excluding carboxylic acids is 1. The summed E-state index contributed by atoms with van der Waals surface area (Å²) in [6.07, 6.45) is 10.6. The van der Waals surface area contributed by atoms with Crippen LogP contribution in [-0.2, 0) is 4.79 Å². The van der Waals surface area contributed by atoms with E-state index in [1.165, 1.54) is 31.2 Å². The van der Waals surface area contributed by atoms with E-state index >= 15 is 0 Å². The number of unbranched alkanes of at least 4 members (excludes halogenated alkanes) is 4. The largest absolute Gasteiger partial charge is 0.339 e. The van der Waals surface area contributed by atoms with E-state index in [1.807, 2.05) is 11.0 Å². The molecule has 0 spiro atoms. The van der Waals surface area contributed by atoms with E-state index in [-0.39, 0.29) is 5.91 Å². The highest BCUT2D eigenvalue weighted by Crippen LogP contribution is 2.07. The van der Waals surface area contributed by atoms with Gasteiger partial charge in [-0.1, -0.05) is 69.4 Å². The molecular weight excluding hydrogens is 270 g/mol. The van der Waals surface area contributed by atoms with Crippen LogP contribution in [0.3, 0.4) is 0 Å². The van der Waals surface area contributed by atoms with Gasteiger partial charge in [0, 0.05) is 19.2 Å². The predicted molar refractivity (Wildman–Crippen MR) is 95.8 cm³/mol. The lowest BCUT2D eigenvalue weighted by molar-refractivity contribution is -0.126. The minimum absolute atomic E-state index is 0.146. The third kappa shape index (κ3) is 7.44. The van der Waals surface area contributed by atoms with E-state index < -0.39 is 0 Å². The maximum Gasteiger partial charge on any atom is 0.246 e. The maximum atomic E-state index is 12.4. The quantitative estimate of drug-likeness (QED) is 0.429. The predicted octanol–water partition coefficient (Wildman–Crippen LogP) is 5.22. The summed E-state index contributed by atoms with van der Waals surface area (Å²) in [6.45, 7) is 8.23. The molecule has 2 nitrogen and oxygen atoms in total. The van der Waals surface area contributed by atoms with Crippen molar-refractivity contribution in [1.29, 1.82) is 0 Å². The van der Waals surface area contributed by atoms with Crippen molar-refractivity contribution >= 4 is 12.0 Å². The number of carbonyl (C=O) groups is 1. The number of nitrogens with zero attached hydrogens (tertiary/aromatic N) is 1. The van der Waals surface area contributed by atoms with Crippen molar-refractivity contribution in [3.8, 4) is 0 Å². The topological polar surface area (TPSA) is 20.3 Å². The molecule has 122 valence electrons. The number of hydrogen-bond acceptors (Lipinski definition) is 1. The molecule has 22 heavy (non-hydrogen) atoms. The Morgan fingerprint density at radius 1 is 0.955 bits per heavy atom. The fraction of sp³-hybridized carbons (Fsp3) is 0.550. The van der Waals surface area contributed by atoms with Crippen LogP contribution in [0.2, 0.25) is 0 Å². The van der Waals surface area contributed by atoms with E-state index in [0.717, 1.165) is 31.5 Å². The molecule has 0 aromatic heterocycles. The van der Waals surface area contributed by atoms with Crippen molar-refractivity contribution in [2.45, 2.75) is 59.3 Å². The van der Waals surface area contributed by atoms with Crippen molar-refractivity contribution in [1.82, 2.24) is 4.90 Å². The van der Waals surface area contributed by atoms with E-state index in [0.29, 0.717) is 0 Å². The molecule has 1 aromatic rings. The minimum atomic E-state index is 0.146. The van der Waals surface area contributed by atoms with Crippen LogP contribution >= 0.6 is 0 Å². The third-order valence-corrected chi connectivity index (χ3v) is 3.87. The van der Waals surface area contributed by atoms with Crippen molar-refractivity contribution in [3.05, 3.63) is 41.5 Å². The Kier molecular flexibility index (Phi) is 9.29. The zero-order valence-corrected chi connectivity index (χ0v) is 14.5. The van der Waals surface area contributed by atoms with E-state index in [9.17, 15) is 4.79 Å². The van der Waals surface area contributed by atoms with E-state index in [1.54, 1.807) is 6.08 Å². The van der Waals surface area contributed by atoms with Crippen molar-refractivity contribution < 1.29 is 4.79 Å². The number of aryl methyl sites for hydroxylation is 1. The first-order valence-electron chi connectivity index (χ1n) is 8.71. The number of rotatable bonds is 10. The molecule has 0 fully saturated rings. The van der Waals surface area contributed by atoms with Gasteiger partial charge in [0.1, 0.15) is 0 Å². The highest BCUT2D eigenvalue weighted by molar-refractivity contribution is 5.91. The Morgan fingerprint density at radius 3 is 2.00 bits per heavy atom. The molecule has 0 aliphatic rings. The molecule has 1 rings (SSSR count). The van der Waals surface area contributed by atoms with Crippen LogP contribution in [0.15, 0.2) is 30.3 Å². The first-order chi connectivity index (χ1) is 10.7. The molecular formula is C20H31NO. The maximum absolute atomic E-state index is 12.4. The van der Waals surface area contributed by atoms with Crippen molar-refractivity contribution in [3.63, 3.8) is 0 Å². The lowest BCUT2D eigenvalue weighted by Crippen LogP contribution is -2.31. The Hall–Kier alpha value is -1.57. The van der Waals surface area contributed by atoms with E-state index in [2.05, 4.69) is 45.0 Å². The Bertz CT molecular complexity index is 437. The molecule has 0 saturated heterocycles. The molecule has 1 amide bonds. The highest BCUT2D eigenvalue weighted by atomic mass is 16.2. The molecule has 0 N–H and O–H groups in total. The van der Waals surface area contributed by atoms with Gasteiger partial charge in [0.05, 0.1) is 0 Å². The Morgan fingerprint density at radius 2 is 1.50 bits per heavy atom. The zero-order chi connectivity index (χ0) is 16.2. The van der Waals surface area contributed by atoms with Gasteiger partial charge >= 0.3 is 0 Å². The number of hydrogen-bond donors (Lipinski definition) is 0. The van der Waals surface area contributed by atoms with Gasteiger partial charge in [-0.3, -0.25) is 4.79 Å². The fourth-order valence-corrected chi connectivity index (χ4v) is 2.39. The average molecular weight is 301 g/mol. The average Bonchev–Trinajstić information content (AvgIpc) is 2.53. The minimum Gasteiger partial charge on any atom is -0.339 e. The molecule has 0 aliphatic carbocycles. The summed E-state index contributed by atoms with van der Waals surface area (Å²) in [4.78, 5) is 14.4. The molecule has 0 bridgehead atoms. The first-order valence-corrected chi connectivity index (χ1v) is 8.71. The second-order valence-corrected chi connectivity index (χ2v) is 5.98. The molecule has 0 unspecified atom stereocenters. The summed E-state index contributed by atoms with van der Waals surface area (Å²) >= 11 is 0. The summed E-state index contributed by atoms with van der Waals surface area (Å²) in [6, 6.07) is 8.25. The molecule has 0 radical (unpaired) electrons. The monoisotopic (exact) mass is 301 g/mol. The van der Waals surface area contributed by atoms with Gasteiger partial charge in [0.25, 0.3) is 0 Å². The van der Waals surface area contributed by atoms with Crippen LogP contribution in [0.5, 0.6) is 0 Å². The molecule has 1 aromatic carbocycles. The fourth-order valence-electron chi connectivity index (χ4n) is 2.39. The summed E-state index contributed by atoms with van der Waals surface area (Å²) < 4.78 is 0. The van der Waals surface area contributed by atoms with E-state index in [4.69, 9.17) is 0 Å². The van der Waals surface area contributed by atoms with Gasteiger partial charge in [-0.25, -0.2) is 0 Å². The van der Waals surface area contributed by atoms with Gasteiger partial charge in [0.2, 0.25) is 5.91 Å². The third-order valence-electron chi connectivity index (χ3n) is 3.87. The lowest BCUT2D eigenvalue weighted by Gasteiger charge is -2.21. The SMILES string of the molecule is CCCCCN(CCCCC)C(=O)C=Cc1ccc(C)cc1. The highest BCUT2D eigenvalue weighted by Gasteiger charge is 2.09. The smallest absolute Gasteiger partial charge is 0.246 e. The summed E-state index contributed by atoms with van der Waals surface area (Å²) in [5, 5.41) is 0. The van der Waals surface area contributed by atoms with Gasteiger partial charge in [-0.05, 0) is 31.4 Å². The molecule has 2 heteroatoms. The number of benzene rings is 1. The summed E-state index contributed by atoms with van der Waals surface area (Å²) in [5.74, 6) is 0.146. The van der Waals surface area contributed by atoms with Gasteiger partial charge in [-0.15, -0.1) is 0 Å². The standard InChI is InChI=1S/C20H31NO/c1-4-6-8-16-21(17-9-7-5-2)20(22)15-14-19-12-10-18(3)11-13-19/h10-15H,4-9,16-17H2,1-3H3. The van der Waals surface area contributed by atoms with Gasteiger partial charge in [-0.2, -0.15) is 0 Å². The molecule has 0 atom stereocenters. The van der Waals surface area contributed by atoms with Crippen LogP contribution in [0.25, 0.3) is 6.08 Å². The molecule has 0 saturated carbocycles. The van der Waals surface area contributed by atoms with Crippen molar-refractivity contribution in [2.75, 3.05) is 13.1 Å². The van der Waals surface area contributed by atoms with Crippen LogP contribution in [-0.4, -0.2) is 23.9 Å². The number of amides is 1. The van der Waals surface area contributed by atoms with Crippen LogP contribution < -0.4 is 0 Å². The second kappa shape index (κ2) is 11.1. The molecule has 0 heterocycles. The van der Waals surface area contributed by atoms with Crippen LogP contribution in [0.4, 0.5) is 0 Å². The molecule has 0 aliphatic heterocycles. The normalized spacial score (nSPS) is 11.0. The first kappa shape index (κ1) is 18.5. The Labute approximate surface area is 136 Å². The Balaban J connectivity index is 2.58.